The first-order chi connectivity index (χ1) is 8.10. The Labute approximate surface area is 106 Å². The van der Waals surface area contributed by atoms with Gasteiger partial charge in [0.05, 0.1) is 5.54 Å². The summed E-state index contributed by atoms with van der Waals surface area (Å²) < 4.78 is 0. The SMILES string of the molecule is C=C[C@H]1c2cc(Cl)ccc2CC[C@@]1(C)N=[N+]=[N-]. The molecule has 0 saturated carbocycles. The second kappa shape index (κ2) is 4.44. The van der Waals surface area contributed by atoms with Gasteiger partial charge in [-0.1, -0.05) is 35.8 Å². The van der Waals surface area contributed by atoms with Crippen LogP contribution in [0.5, 0.6) is 0 Å². The minimum absolute atomic E-state index is 0.0286. The number of fused-ring (bicyclic) bond motifs is 1. The van der Waals surface area contributed by atoms with Gasteiger partial charge in [0.2, 0.25) is 0 Å². The molecule has 4 heteroatoms. The minimum atomic E-state index is -0.436. The molecule has 1 aromatic rings. The Morgan fingerprint density at radius 3 is 3.06 bits per heavy atom. The molecule has 17 heavy (non-hydrogen) atoms. The lowest BCUT2D eigenvalue weighted by molar-refractivity contribution is 0.370. The maximum absolute atomic E-state index is 8.70. The predicted octanol–water partition coefficient (Wildman–Crippen LogP) is 4.62. The van der Waals surface area contributed by atoms with Crippen molar-refractivity contribution in [1.29, 1.82) is 0 Å². The molecule has 0 spiro atoms. The maximum atomic E-state index is 8.70. The van der Waals surface area contributed by atoms with Crippen molar-refractivity contribution in [2.45, 2.75) is 31.2 Å². The second-order valence-corrected chi connectivity index (χ2v) is 5.04. The van der Waals surface area contributed by atoms with Gasteiger partial charge in [0, 0.05) is 15.9 Å². The third kappa shape index (κ3) is 2.04. The normalized spacial score (nSPS) is 26.8. The van der Waals surface area contributed by atoms with Gasteiger partial charge < -0.3 is 0 Å². The van der Waals surface area contributed by atoms with Crippen LogP contribution in [-0.2, 0) is 6.42 Å². The number of benzene rings is 1. The summed E-state index contributed by atoms with van der Waals surface area (Å²) in [6, 6.07) is 5.90. The van der Waals surface area contributed by atoms with Crippen molar-refractivity contribution in [3.05, 3.63) is 57.4 Å². The van der Waals surface area contributed by atoms with Crippen molar-refractivity contribution >= 4 is 11.6 Å². The van der Waals surface area contributed by atoms with Gasteiger partial charge in [-0.2, -0.15) is 0 Å². The van der Waals surface area contributed by atoms with Crippen LogP contribution in [0, 0.1) is 0 Å². The molecule has 0 bridgehead atoms. The zero-order chi connectivity index (χ0) is 12.5. The van der Waals surface area contributed by atoms with Crippen molar-refractivity contribution in [1.82, 2.24) is 0 Å². The van der Waals surface area contributed by atoms with E-state index in [4.69, 9.17) is 17.1 Å². The Morgan fingerprint density at radius 2 is 2.41 bits per heavy atom. The highest BCUT2D eigenvalue weighted by atomic mass is 35.5. The van der Waals surface area contributed by atoms with Gasteiger partial charge in [-0.05, 0) is 41.6 Å². The number of aryl methyl sites for hydroxylation is 1. The third-order valence-electron chi connectivity index (χ3n) is 3.52. The fourth-order valence-electron chi connectivity index (χ4n) is 2.56. The van der Waals surface area contributed by atoms with E-state index in [1.165, 1.54) is 5.56 Å². The number of rotatable bonds is 2. The topological polar surface area (TPSA) is 48.8 Å². The van der Waals surface area contributed by atoms with Crippen molar-refractivity contribution in [3.8, 4) is 0 Å². The van der Waals surface area contributed by atoms with Crippen LogP contribution in [0.1, 0.15) is 30.4 Å². The Balaban J connectivity index is 2.56. The highest BCUT2D eigenvalue weighted by molar-refractivity contribution is 6.30. The largest absolute Gasteiger partial charge is 0.102 e. The summed E-state index contributed by atoms with van der Waals surface area (Å²) in [4.78, 5) is 2.97. The number of hydrogen-bond donors (Lipinski definition) is 0. The van der Waals surface area contributed by atoms with Crippen LogP contribution in [0.3, 0.4) is 0 Å². The number of nitrogens with zero attached hydrogens (tertiary/aromatic N) is 3. The van der Waals surface area contributed by atoms with Crippen LogP contribution in [0.4, 0.5) is 0 Å². The maximum Gasteiger partial charge on any atom is 0.0566 e. The van der Waals surface area contributed by atoms with Crippen molar-refractivity contribution in [2.75, 3.05) is 0 Å². The second-order valence-electron chi connectivity index (χ2n) is 4.60. The molecule has 1 aliphatic rings. The molecular formula is C13H14ClN3. The van der Waals surface area contributed by atoms with Gasteiger partial charge in [-0.3, -0.25) is 0 Å². The summed E-state index contributed by atoms with van der Waals surface area (Å²) in [5, 5.41) is 4.67. The summed E-state index contributed by atoms with van der Waals surface area (Å²) in [5.74, 6) is 0.0286. The van der Waals surface area contributed by atoms with E-state index in [1.807, 2.05) is 31.2 Å². The zero-order valence-electron chi connectivity index (χ0n) is 9.73. The predicted molar refractivity (Wildman–Crippen MR) is 70.3 cm³/mol. The summed E-state index contributed by atoms with van der Waals surface area (Å²) in [6.45, 7) is 5.84. The molecule has 1 aliphatic carbocycles. The average molecular weight is 248 g/mol. The minimum Gasteiger partial charge on any atom is -0.102 e. The van der Waals surface area contributed by atoms with Crippen LogP contribution >= 0.6 is 11.6 Å². The van der Waals surface area contributed by atoms with Gasteiger partial charge in [-0.25, -0.2) is 0 Å². The van der Waals surface area contributed by atoms with E-state index >= 15 is 0 Å². The van der Waals surface area contributed by atoms with E-state index in [0.717, 1.165) is 18.4 Å². The molecule has 0 radical (unpaired) electrons. The highest BCUT2D eigenvalue weighted by Gasteiger charge is 2.37. The fourth-order valence-corrected chi connectivity index (χ4v) is 2.74. The first-order valence-electron chi connectivity index (χ1n) is 5.58. The van der Waals surface area contributed by atoms with Crippen molar-refractivity contribution < 1.29 is 0 Å². The molecule has 0 fully saturated rings. The Hall–Kier alpha value is -1.44. The highest BCUT2D eigenvalue weighted by Crippen LogP contribution is 2.43. The van der Waals surface area contributed by atoms with Crippen LogP contribution in [-0.4, -0.2) is 5.54 Å². The average Bonchev–Trinajstić information content (AvgIpc) is 2.29. The molecule has 0 aromatic heterocycles. The van der Waals surface area contributed by atoms with Crippen molar-refractivity contribution in [2.24, 2.45) is 5.11 Å². The monoisotopic (exact) mass is 247 g/mol. The lowest BCUT2D eigenvalue weighted by Gasteiger charge is -2.37. The van der Waals surface area contributed by atoms with E-state index in [0.29, 0.717) is 5.02 Å². The van der Waals surface area contributed by atoms with Crippen LogP contribution in [0.2, 0.25) is 5.02 Å². The van der Waals surface area contributed by atoms with E-state index < -0.39 is 5.54 Å². The Morgan fingerprint density at radius 1 is 1.65 bits per heavy atom. The molecular weight excluding hydrogens is 234 g/mol. The van der Waals surface area contributed by atoms with Gasteiger partial charge in [0.1, 0.15) is 0 Å². The Kier molecular flexibility index (Phi) is 3.14. The van der Waals surface area contributed by atoms with Gasteiger partial charge in [0.25, 0.3) is 0 Å². The van der Waals surface area contributed by atoms with Crippen molar-refractivity contribution in [3.63, 3.8) is 0 Å². The van der Waals surface area contributed by atoms with Crippen LogP contribution in [0.15, 0.2) is 36.0 Å². The Bertz CT molecular complexity index is 505. The number of hydrogen-bond acceptors (Lipinski definition) is 1. The lowest BCUT2D eigenvalue weighted by atomic mass is 9.71. The first kappa shape index (κ1) is 12.0. The third-order valence-corrected chi connectivity index (χ3v) is 3.76. The van der Waals surface area contributed by atoms with Gasteiger partial charge in [-0.15, -0.1) is 6.58 Å². The molecule has 2 atom stereocenters. The molecule has 3 nitrogen and oxygen atoms in total. The van der Waals surface area contributed by atoms with Gasteiger partial charge in [0.15, 0.2) is 0 Å². The van der Waals surface area contributed by atoms with E-state index in [-0.39, 0.29) is 5.92 Å². The van der Waals surface area contributed by atoms with E-state index in [1.54, 1.807) is 0 Å². The van der Waals surface area contributed by atoms with E-state index in [2.05, 4.69) is 16.6 Å². The summed E-state index contributed by atoms with van der Waals surface area (Å²) in [6.07, 6.45) is 3.59. The molecule has 0 heterocycles. The summed E-state index contributed by atoms with van der Waals surface area (Å²) in [5.41, 5.74) is 10.7. The van der Waals surface area contributed by atoms with Crippen LogP contribution in [0.25, 0.3) is 10.4 Å². The lowest BCUT2D eigenvalue weighted by Crippen LogP contribution is -2.34. The molecule has 0 N–H and O–H groups in total. The number of halogens is 1. The fraction of sp³-hybridized carbons (Fsp3) is 0.385. The molecule has 0 aliphatic heterocycles. The molecule has 1 aromatic carbocycles. The number of azide groups is 1. The molecule has 2 rings (SSSR count). The standard InChI is InChI=1S/C13H14ClN3/c1-3-12-11-8-10(14)5-4-9(11)6-7-13(12,2)16-17-15/h3-5,8,12H,1,6-7H2,2H3/t12-,13+/m0/s1. The quantitative estimate of drug-likeness (QED) is 0.317. The summed E-state index contributed by atoms with van der Waals surface area (Å²) in [7, 11) is 0. The molecule has 0 amide bonds. The smallest absolute Gasteiger partial charge is 0.0566 e. The van der Waals surface area contributed by atoms with Gasteiger partial charge >= 0.3 is 0 Å². The zero-order valence-corrected chi connectivity index (χ0v) is 10.5. The molecule has 0 unspecified atom stereocenters. The first-order valence-corrected chi connectivity index (χ1v) is 5.95. The molecule has 88 valence electrons. The van der Waals surface area contributed by atoms with E-state index in [9.17, 15) is 0 Å². The molecule has 0 saturated heterocycles. The summed E-state index contributed by atoms with van der Waals surface area (Å²) >= 11 is 6.03. The van der Waals surface area contributed by atoms with Crippen LogP contribution < -0.4 is 0 Å².